The number of hydrogen-bond acceptors (Lipinski definition) is 2. The second-order valence-corrected chi connectivity index (χ2v) is 4.49. The van der Waals surface area contributed by atoms with Crippen molar-refractivity contribution >= 4 is 5.91 Å². The Labute approximate surface area is 111 Å². The zero-order valence-corrected chi connectivity index (χ0v) is 11.6. The molecule has 0 aromatic heterocycles. The summed E-state index contributed by atoms with van der Waals surface area (Å²) in [5.74, 6) is -0.0762. The Hall–Kier alpha value is -1.09. The monoisotopic (exact) mass is 253 g/mol. The number of hydrogen-bond donors (Lipinski definition) is 1. The fourth-order valence-corrected chi connectivity index (χ4v) is 1.61. The third kappa shape index (κ3) is 11.4. The van der Waals surface area contributed by atoms with Crippen LogP contribution in [0.4, 0.5) is 0 Å². The summed E-state index contributed by atoms with van der Waals surface area (Å²) in [5.41, 5.74) is 0. The molecule has 0 spiro atoms. The van der Waals surface area contributed by atoms with Crippen LogP contribution >= 0.6 is 0 Å². The molecule has 3 nitrogen and oxygen atoms in total. The first-order valence-electron chi connectivity index (χ1n) is 6.80. The van der Waals surface area contributed by atoms with Gasteiger partial charge in [0.15, 0.2) is 0 Å². The summed E-state index contributed by atoms with van der Waals surface area (Å²) in [4.78, 5) is 11.3. The summed E-state index contributed by atoms with van der Waals surface area (Å²) in [6.07, 6.45) is 10.8. The van der Waals surface area contributed by atoms with Gasteiger partial charge < -0.3 is 10.1 Å². The van der Waals surface area contributed by atoms with E-state index in [1.54, 1.807) is 6.08 Å². The van der Waals surface area contributed by atoms with Gasteiger partial charge in [0.25, 0.3) is 0 Å². The lowest BCUT2D eigenvalue weighted by molar-refractivity contribution is -0.127. The third-order valence-electron chi connectivity index (χ3n) is 2.71. The molecule has 0 radical (unpaired) electrons. The Kier molecular flexibility index (Phi) is 11.6. The standard InChI is InChI=1S/C15H27NO2/c1-4-6-7-8-9-10-11-14(3)18-13-15(17)16-12-5-2/h4-5,14H,1-2,6-13H2,3H3,(H,16,17). The molecule has 0 aromatic rings. The quantitative estimate of drug-likeness (QED) is 0.428. The topological polar surface area (TPSA) is 38.3 Å². The summed E-state index contributed by atoms with van der Waals surface area (Å²) >= 11 is 0. The highest BCUT2D eigenvalue weighted by atomic mass is 16.5. The number of unbranched alkanes of at least 4 members (excludes halogenated alkanes) is 4. The minimum Gasteiger partial charge on any atom is -0.369 e. The van der Waals surface area contributed by atoms with Crippen molar-refractivity contribution in [2.45, 2.75) is 51.6 Å². The van der Waals surface area contributed by atoms with E-state index in [1.807, 2.05) is 13.0 Å². The van der Waals surface area contributed by atoms with Crippen molar-refractivity contribution < 1.29 is 9.53 Å². The average molecular weight is 253 g/mol. The molecule has 0 aromatic carbocycles. The molecular weight excluding hydrogens is 226 g/mol. The molecule has 0 saturated heterocycles. The molecule has 0 bridgehead atoms. The van der Waals surface area contributed by atoms with E-state index < -0.39 is 0 Å². The fourth-order valence-electron chi connectivity index (χ4n) is 1.61. The highest BCUT2D eigenvalue weighted by Crippen LogP contribution is 2.09. The number of carbonyl (C=O) groups excluding carboxylic acids is 1. The Morgan fingerprint density at radius 1 is 1.22 bits per heavy atom. The van der Waals surface area contributed by atoms with Gasteiger partial charge in [-0.1, -0.05) is 31.4 Å². The molecule has 104 valence electrons. The molecule has 0 aliphatic rings. The van der Waals surface area contributed by atoms with Crippen LogP contribution in [-0.4, -0.2) is 25.2 Å². The summed E-state index contributed by atoms with van der Waals surface area (Å²) in [6.45, 7) is 9.90. The molecule has 0 rings (SSSR count). The van der Waals surface area contributed by atoms with Crippen molar-refractivity contribution in [2.75, 3.05) is 13.2 Å². The van der Waals surface area contributed by atoms with Gasteiger partial charge in [-0.25, -0.2) is 0 Å². The van der Waals surface area contributed by atoms with Crippen LogP contribution in [0.2, 0.25) is 0 Å². The molecule has 0 fully saturated rings. The van der Waals surface area contributed by atoms with Crippen molar-refractivity contribution in [3.05, 3.63) is 25.3 Å². The highest BCUT2D eigenvalue weighted by molar-refractivity contribution is 5.77. The maximum Gasteiger partial charge on any atom is 0.246 e. The zero-order chi connectivity index (χ0) is 13.6. The van der Waals surface area contributed by atoms with Crippen molar-refractivity contribution in [3.63, 3.8) is 0 Å². The van der Waals surface area contributed by atoms with Crippen molar-refractivity contribution in [2.24, 2.45) is 0 Å². The largest absolute Gasteiger partial charge is 0.369 e. The smallest absolute Gasteiger partial charge is 0.246 e. The van der Waals surface area contributed by atoms with Crippen molar-refractivity contribution in [1.29, 1.82) is 0 Å². The zero-order valence-electron chi connectivity index (χ0n) is 11.6. The first-order chi connectivity index (χ1) is 8.70. The van der Waals surface area contributed by atoms with Gasteiger partial charge in [-0.2, -0.15) is 0 Å². The lowest BCUT2D eigenvalue weighted by Crippen LogP contribution is -2.29. The van der Waals surface area contributed by atoms with E-state index in [0.29, 0.717) is 6.54 Å². The van der Waals surface area contributed by atoms with Crippen LogP contribution in [0.15, 0.2) is 25.3 Å². The van der Waals surface area contributed by atoms with Gasteiger partial charge in [0.05, 0.1) is 6.10 Å². The molecule has 18 heavy (non-hydrogen) atoms. The van der Waals surface area contributed by atoms with E-state index in [4.69, 9.17) is 4.74 Å². The van der Waals surface area contributed by atoms with Gasteiger partial charge >= 0.3 is 0 Å². The highest BCUT2D eigenvalue weighted by Gasteiger charge is 2.05. The molecule has 0 aliphatic carbocycles. The fraction of sp³-hybridized carbons (Fsp3) is 0.667. The number of rotatable bonds is 12. The third-order valence-corrected chi connectivity index (χ3v) is 2.71. The van der Waals surface area contributed by atoms with E-state index in [-0.39, 0.29) is 18.6 Å². The maximum absolute atomic E-state index is 11.3. The number of amides is 1. The van der Waals surface area contributed by atoms with E-state index >= 15 is 0 Å². The predicted octanol–water partition coefficient (Wildman–Crippen LogP) is 3.22. The summed E-state index contributed by atoms with van der Waals surface area (Å²) < 4.78 is 5.47. The van der Waals surface area contributed by atoms with Gasteiger partial charge in [0, 0.05) is 6.54 Å². The van der Waals surface area contributed by atoms with Gasteiger partial charge in [0.2, 0.25) is 5.91 Å². The molecule has 1 atom stereocenters. The first-order valence-corrected chi connectivity index (χ1v) is 6.80. The Morgan fingerprint density at radius 3 is 2.61 bits per heavy atom. The molecule has 0 saturated carbocycles. The van der Waals surface area contributed by atoms with Crippen LogP contribution < -0.4 is 5.32 Å². The molecule has 3 heteroatoms. The van der Waals surface area contributed by atoms with E-state index in [2.05, 4.69) is 18.5 Å². The number of carbonyl (C=O) groups is 1. The Balaban J connectivity index is 3.36. The summed E-state index contributed by atoms with van der Waals surface area (Å²) in [6, 6.07) is 0. The summed E-state index contributed by atoms with van der Waals surface area (Å²) in [5, 5.41) is 2.69. The molecule has 1 unspecified atom stereocenters. The second-order valence-electron chi connectivity index (χ2n) is 4.49. The van der Waals surface area contributed by atoms with Crippen molar-refractivity contribution in [1.82, 2.24) is 5.32 Å². The van der Waals surface area contributed by atoms with Crippen LogP contribution in [0.1, 0.15) is 45.4 Å². The number of ether oxygens (including phenoxy) is 1. The van der Waals surface area contributed by atoms with E-state index in [0.717, 1.165) is 19.3 Å². The molecular formula is C15H27NO2. The van der Waals surface area contributed by atoms with Crippen LogP contribution in [0.5, 0.6) is 0 Å². The predicted molar refractivity (Wildman–Crippen MR) is 76.5 cm³/mol. The van der Waals surface area contributed by atoms with Crippen LogP contribution in [-0.2, 0) is 9.53 Å². The normalized spacial score (nSPS) is 11.8. The molecule has 1 amide bonds. The number of allylic oxidation sites excluding steroid dienone is 1. The minimum absolute atomic E-state index is 0.0762. The van der Waals surface area contributed by atoms with Gasteiger partial charge in [0.1, 0.15) is 6.61 Å². The SMILES string of the molecule is C=CCCCCCCC(C)OCC(=O)NCC=C. The molecule has 0 aliphatic heterocycles. The maximum atomic E-state index is 11.3. The van der Waals surface area contributed by atoms with E-state index in [1.165, 1.54) is 19.3 Å². The van der Waals surface area contributed by atoms with Gasteiger partial charge in [-0.05, 0) is 26.2 Å². The lowest BCUT2D eigenvalue weighted by Gasteiger charge is -2.12. The van der Waals surface area contributed by atoms with Gasteiger partial charge in [-0.3, -0.25) is 4.79 Å². The Morgan fingerprint density at radius 2 is 1.94 bits per heavy atom. The first kappa shape index (κ1) is 16.9. The van der Waals surface area contributed by atoms with Crippen LogP contribution in [0, 0.1) is 0 Å². The van der Waals surface area contributed by atoms with E-state index in [9.17, 15) is 4.79 Å². The van der Waals surface area contributed by atoms with Crippen LogP contribution in [0.25, 0.3) is 0 Å². The van der Waals surface area contributed by atoms with Crippen molar-refractivity contribution in [3.8, 4) is 0 Å². The Bertz CT molecular complexity index is 239. The lowest BCUT2D eigenvalue weighted by atomic mass is 10.1. The van der Waals surface area contributed by atoms with Crippen LogP contribution in [0.3, 0.4) is 0 Å². The van der Waals surface area contributed by atoms with Gasteiger partial charge in [-0.15, -0.1) is 13.2 Å². The molecule has 0 heterocycles. The average Bonchev–Trinajstić information content (AvgIpc) is 2.38. The minimum atomic E-state index is -0.0762. The second kappa shape index (κ2) is 12.4. The number of nitrogens with one attached hydrogen (secondary N) is 1. The summed E-state index contributed by atoms with van der Waals surface area (Å²) in [7, 11) is 0. The molecule has 1 N–H and O–H groups in total.